The molecular formula is C12H17ClN4OS. The average Bonchev–Trinajstić information content (AvgIpc) is 2.97. The molecule has 0 aromatic carbocycles. The molecule has 0 aliphatic rings. The summed E-state index contributed by atoms with van der Waals surface area (Å²) in [5, 5.41) is 4.87. The molecule has 5 nitrogen and oxygen atoms in total. The summed E-state index contributed by atoms with van der Waals surface area (Å²) >= 11 is 7.93. The van der Waals surface area contributed by atoms with Crippen molar-refractivity contribution in [3.63, 3.8) is 0 Å². The minimum absolute atomic E-state index is 0.162. The predicted octanol–water partition coefficient (Wildman–Crippen LogP) is 2.11. The van der Waals surface area contributed by atoms with Gasteiger partial charge in [-0.3, -0.25) is 10.5 Å². The third-order valence-electron chi connectivity index (χ3n) is 2.83. The summed E-state index contributed by atoms with van der Waals surface area (Å²) < 4.78 is 6.91. The summed E-state index contributed by atoms with van der Waals surface area (Å²) in [6.45, 7) is 3.28. The van der Waals surface area contributed by atoms with Crippen LogP contribution in [0.3, 0.4) is 0 Å². The van der Waals surface area contributed by atoms with Gasteiger partial charge in [0.25, 0.3) is 0 Å². The molecule has 0 amide bonds. The Balaban J connectivity index is 2.34. The Hall–Kier alpha value is -0.920. The van der Waals surface area contributed by atoms with E-state index in [0.29, 0.717) is 18.2 Å². The number of rotatable bonds is 6. The van der Waals surface area contributed by atoms with Gasteiger partial charge < -0.3 is 4.74 Å². The number of aryl methyl sites for hydroxylation is 1. The Morgan fingerprint density at radius 1 is 1.58 bits per heavy atom. The summed E-state index contributed by atoms with van der Waals surface area (Å²) in [7, 11) is 1.66. The number of nitrogens with one attached hydrogen (secondary N) is 1. The second-order valence-corrected chi connectivity index (χ2v) is 5.87. The monoisotopic (exact) mass is 300 g/mol. The molecule has 0 saturated carbocycles. The highest BCUT2D eigenvalue weighted by Crippen LogP contribution is 2.31. The van der Waals surface area contributed by atoms with Gasteiger partial charge in [0.2, 0.25) is 0 Å². The second kappa shape index (κ2) is 6.49. The van der Waals surface area contributed by atoms with Crippen LogP contribution in [-0.4, -0.2) is 23.5 Å². The van der Waals surface area contributed by atoms with E-state index in [-0.39, 0.29) is 6.04 Å². The largest absolute Gasteiger partial charge is 0.383 e. The fourth-order valence-corrected chi connectivity index (χ4v) is 3.11. The molecule has 0 aliphatic carbocycles. The van der Waals surface area contributed by atoms with E-state index in [4.69, 9.17) is 22.2 Å². The number of aromatic nitrogens is 2. The summed E-state index contributed by atoms with van der Waals surface area (Å²) in [4.78, 5) is 2.34. The molecule has 0 radical (unpaired) electrons. The highest BCUT2D eigenvalue weighted by molar-refractivity contribution is 7.12. The number of hydrogen-bond acceptors (Lipinski definition) is 5. The molecular weight excluding hydrogens is 284 g/mol. The molecule has 19 heavy (non-hydrogen) atoms. The quantitative estimate of drug-likeness (QED) is 0.633. The van der Waals surface area contributed by atoms with Crippen LogP contribution < -0.4 is 11.3 Å². The Labute approximate surface area is 121 Å². The van der Waals surface area contributed by atoms with E-state index in [9.17, 15) is 0 Å². The van der Waals surface area contributed by atoms with Crippen LogP contribution in [0.15, 0.2) is 18.3 Å². The SMILES string of the molecule is COCCn1ncc(Cl)c1C(NN)c1ccc(C)s1. The maximum absolute atomic E-state index is 6.24. The summed E-state index contributed by atoms with van der Waals surface area (Å²) in [5.41, 5.74) is 3.68. The first-order valence-electron chi connectivity index (χ1n) is 5.90. The van der Waals surface area contributed by atoms with E-state index in [1.165, 1.54) is 4.88 Å². The van der Waals surface area contributed by atoms with Crippen molar-refractivity contribution in [1.82, 2.24) is 15.2 Å². The number of hydrogen-bond donors (Lipinski definition) is 2. The Morgan fingerprint density at radius 2 is 2.37 bits per heavy atom. The highest BCUT2D eigenvalue weighted by Gasteiger charge is 2.22. The van der Waals surface area contributed by atoms with E-state index < -0.39 is 0 Å². The number of thiophene rings is 1. The van der Waals surface area contributed by atoms with Gasteiger partial charge in [0.1, 0.15) is 0 Å². The zero-order chi connectivity index (χ0) is 13.8. The maximum Gasteiger partial charge on any atom is 0.0985 e. The molecule has 104 valence electrons. The van der Waals surface area contributed by atoms with Crippen LogP contribution in [0, 0.1) is 6.92 Å². The van der Waals surface area contributed by atoms with Crippen molar-refractivity contribution in [2.24, 2.45) is 5.84 Å². The van der Waals surface area contributed by atoms with Crippen LogP contribution in [0.25, 0.3) is 0 Å². The standard InChI is InChI=1S/C12H17ClN4OS/c1-8-3-4-10(19-8)11(16-14)12-9(13)7-15-17(12)5-6-18-2/h3-4,7,11,16H,5-6,14H2,1-2H3. The topological polar surface area (TPSA) is 65.1 Å². The van der Waals surface area contributed by atoms with Crippen LogP contribution in [0.2, 0.25) is 5.02 Å². The molecule has 0 saturated heterocycles. The smallest absolute Gasteiger partial charge is 0.0985 e. The zero-order valence-corrected chi connectivity index (χ0v) is 12.5. The van der Waals surface area contributed by atoms with Gasteiger partial charge in [-0.15, -0.1) is 11.3 Å². The van der Waals surface area contributed by atoms with Crippen molar-refractivity contribution in [2.45, 2.75) is 19.5 Å². The molecule has 2 rings (SSSR count). The molecule has 0 aliphatic heterocycles. The molecule has 1 unspecified atom stereocenters. The van der Waals surface area contributed by atoms with Crippen molar-refractivity contribution < 1.29 is 4.74 Å². The van der Waals surface area contributed by atoms with Crippen molar-refractivity contribution in [2.75, 3.05) is 13.7 Å². The third kappa shape index (κ3) is 3.16. The van der Waals surface area contributed by atoms with Gasteiger partial charge in [-0.1, -0.05) is 11.6 Å². The molecule has 2 aromatic heterocycles. The molecule has 3 N–H and O–H groups in total. The molecule has 2 aromatic rings. The lowest BCUT2D eigenvalue weighted by Crippen LogP contribution is -2.30. The number of methoxy groups -OCH3 is 1. The summed E-state index contributed by atoms with van der Waals surface area (Å²) in [6, 6.07) is 3.95. The van der Waals surface area contributed by atoms with Gasteiger partial charge in [0.15, 0.2) is 0 Å². The van der Waals surface area contributed by atoms with Gasteiger partial charge in [-0.2, -0.15) is 5.10 Å². The molecule has 2 heterocycles. The Kier molecular flexibility index (Phi) is 4.95. The number of nitrogens with zero attached hydrogens (tertiary/aromatic N) is 2. The average molecular weight is 301 g/mol. The fraction of sp³-hybridized carbons (Fsp3) is 0.417. The molecule has 1 atom stereocenters. The van der Waals surface area contributed by atoms with E-state index in [1.807, 2.05) is 4.68 Å². The first-order chi connectivity index (χ1) is 9.17. The summed E-state index contributed by atoms with van der Waals surface area (Å²) in [6.07, 6.45) is 1.64. The first kappa shape index (κ1) is 14.5. The molecule has 0 bridgehead atoms. The first-order valence-corrected chi connectivity index (χ1v) is 7.09. The lowest BCUT2D eigenvalue weighted by atomic mass is 10.2. The van der Waals surface area contributed by atoms with Crippen LogP contribution in [0.4, 0.5) is 0 Å². The lowest BCUT2D eigenvalue weighted by molar-refractivity contribution is 0.182. The molecule has 0 fully saturated rings. The fourth-order valence-electron chi connectivity index (χ4n) is 1.92. The van der Waals surface area contributed by atoms with E-state index in [0.717, 1.165) is 10.6 Å². The van der Waals surface area contributed by atoms with Gasteiger partial charge in [0, 0.05) is 16.9 Å². The third-order valence-corrected chi connectivity index (χ3v) is 4.18. The normalized spacial score (nSPS) is 12.8. The number of halogens is 1. The summed E-state index contributed by atoms with van der Waals surface area (Å²) in [5.74, 6) is 5.70. The van der Waals surface area contributed by atoms with E-state index >= 15 is 0 Å². The van der Waals surface area contributed by atoms with Crippen LogP contribution >= 0.6 is 22.9 Å². The van der Waals surface area contributed by atoms with E-state index in [2.05, 4.69) is 29.6 Å². The van der Waals surface area contributed by atoms with Crippen LogP contribution in [0.1, 0.15) is 21.5 Å². The number of nitrogens with two attached hydrogens (primary N) is 1. The van der Waals surface area contributed by atoms with Gasteiger partial charge >= 0.3 is 0 Å². The highest BCUT2D eigenvalue weighted by atomic mass is 35.5. The van der Waals surface area contributed by atoms with Gasteiger partial charge in [0.05, 0.1) is 36.1 Å². The van der Waals surface area contributed by atoms with E-state index in [1.54, 1.807) is 24.6 Å². The van der Waals surface area contributed by atoms with Crippen molar-refractivity contribution in [3.05, 3.63) is 38.8 Å². The maximum atomic E-state index is 6.24. The van der Waals surface area contributed by atoms with Crippen molar-refractivity contribution in [1.29, 1.82) is 0 Å². The van der Waals surface area contributed by atoms with Gasteiger partial charge in [-0.05, 0) is 19.1 Å². The minimum Gasteiger partial charge on any atom is -0.383 e. The van der Waals surface area contributed by atoms with Crippen molar-refractivity contribution in [3.8, 4) is 0 Å². The Morgan fingerprint density at radius 3 is 2.95 bits per heavy atom. The number of ether oxygens (including phenoxy) is 1. The molecule has 0 spiro atoms. The zero-order valence-electron chi connectivity index (χ0n) is 10.9. The molecule has 7 heteroatoms. The lowest BCUT2D eigenvalue weighted by Gasteiger charge is -2.17. The van der Waals surface area contributed by atoms with Crippen LogP contribution in [-0.2, 0) is 11.3 Å². The Bertz CT molecular complexity index is 540. The number of hydrazine groups is 1. The van der Waals surface area contributed by atoms with Crippen LogP contribution in [0.5, 0.6) is 0 Å². The van der Waals surface area contributed by atoms with Gasteiger partial charge in [-0.25, -0.2) is 5.43 Å². The minimum atomic E-state index is -0.162. The van der Waals surface area contributed by atoms with Crippen molar-refractivity contribution >= 4 is 22.9 Å². The second-order valence-electron chi connectivity index (χ2n) is 4.14. The predicted molar refractivity (Wildman–Crippen MR) is 77.3 cm³/mol.